The molecular formula is C12H16Cl2N2OS. The fourth-order valence-electron chi connectivity index (χ4n) is 1.18. The molecule has 0 radical (unpaired) electrons. The molecule has 18 heavy (non-hydrogen) atoms. The molecule has 0 aliphatic carbocycles. The molecule has 0 bridgehead atoms. The number of carbonyl (C=O) groups is 1. The van der Waals surface area contributed by atoms with Gasteiger partial charge in [0.2, 0.25) is 5.91 Å². The highest BCUT2D eigenvalue weighted by molar-refractivity contribution is 8.01. The van der Waals surface area contributed by atoms with Gasteiger partial charge in [-0.1, -0.05) is 44.0 Å². The lowest BCUT2D eigenvalue weighted by Crippen LogP contribution is -2.19. The third-order valence-electron chi connectivity index (χ3n) is 1.99. The summed E-state index contributed by atoms with van der Waals surface area (Å²) >= 11 is 13.3. The highest BCUT2D eigenvalue weighted by Gasteiger charge is 2.15. The average Bonchev–Trinajstić information content (AvgIpc) is 2.19. The van der Waals surface area contributed by atoms with Gasteiger partial charge in [0, 0.05) is 9.77 Å². The monoisotopic (exact) mass is 306 g/mol. The Hall–Kier alpha value is -0.580. The van der Waals surface area contributed by atoms with Gasteiger partial charge in [-0.15, -0.1) is 11.8 Å². The van der Waals surface area contributed by atoms with Crippen LogP contribution in [0.2, 0.25) is 10.0 Å². The van der Waals surface area contributed by atoms with Gasteiger partial charge in [-0.25, -0.2) is 0 Å². The van der Waals surface area contributed by atoms with Crippen LogP contribution in [0.5, 0.6) is 0 Å². The fourth-order valence-corrected chi connectivity index (χ4v) is 2.38. The van der Waals surface area contributed by atoms with Gasteiger partial charge in [0.15, 0.2) is 0 Å². The number of halogens is 2. The van der Waals surface area contributed by atoms with Crippen molar-refractivity contribution in [3.63, 3.8) is 0 Å². The van der Waals surface area contributed by atoms with Crippen LogP contribution in [-0.2, 0) is 4.79 Å². The van der Waals surface area contributed by atoms with Crippen LogP contribution >= 0.6 is 35.0 Å². The second-order valence-electron chi connectivity index (χ2n) is 4.80. The minimum absolute atomic E-state index is 0.0344. The standard InChI is InChI=1S/C12H16Cl2N2OS/c1-12(2,3)18-6-10(17)16-11-8(14)4-7(13)5-9(11)15/h4-5H,6,15H2,1-3H3,(H,16,17). The number of nitrogens with two attached hydrogens (primary N) is 1. The van der Waals surface area contributed by atoms with Crippen LogP contribution in [0, 0.1) is 0 Å². The van der Waals surface area contributed by atoms with Crippen molar-refractivity contribution in [2.45, 2.75) is 25.5 Å². The molecule has 0 heterocycles. The van der Waals surface area contributed by atoms with Crippen LogP contribution < -0.4 is 11.1 Å². The number of rotatable bonds is 3. The van der Waals surface area contributed by atoms with E-state index in [1.54, 1.807) is 23.9 Å². The third-order valence-corrected chi connectivity index (χ3v) is 3.78. The first-order valence-corrected chi connectivity index (χ1v) is 7.11. The Bertz CT molecular complexity index is 435. The minimum atomic E-state index is -0.133. The van der Waals surface area contributed by atoms with E-state index in [9.17, 15) is 4.79 Å². The van der Waals surface area contributed by atoms with Crippen molar-refractivity contribution in [2.24, 2.45) is 0 Å². The topological polar surface area (TPSA) is 55.1 Å². The molecule has 0 aliphatic heterocycles. The van der Waals surface area contributed by atoms with E-state index >= 15 is 0 Å². The number of anilines is 2. The third kappa shape index (κ3) is 4.96. The maximum atomic E-state index is 11.8. The Labute approximate surface area is 121 Å². The van der Waals surface area contributed by atoms with E-state index in [1.165, 1.54) is 0 Å². The molecule has 0 aromatic heterocycles. The summed E-state index contributed by atoms with van der Waals surface area (Å²) in [4.78, 5) is 11.8. The largest absolute Gasteiger partial charge is 0.397 e. The van der Waals surface area contributed by atoms with Crippen LogP contribution in [0.3, 0.4) is 0 Å². The summed E-state index contributed by atoms with van der Waals surface area (Å²) in [6.07, 6.45) is 0. The number of benzene rings is 1. The molecule has 1 aromatic carbocycles. The molecule has 0 fully saturated rings. The molecule has 6 heteroatoms. The summed E-state index contributed by atoms with van der Waals surface area (Å²) in [6, 6.07) is 3.10. The van der Waals surface area contributed by atoms with E-state index in [4.69, 9.17) is 28.9 Å². The molecule has 3 N–H and O–H groups in total. The SMILES string of the molecule is CC(C)(C)SCC(=O)Nc1c(N)cc(Cl)cc1Cl. The lowest BCUT2D eigenvalue weighted by atomic mass is 10.2. The Morgan fingerprint density at radius 1 is 1.39 bits per heavy atom. The molecule has 1 rings (SSSR count). The summed E-state index contributed by atoms with van der Waals surface area (Å²) in [5.74, 6) is 0.216. The van der Waals surface area contributed by atoms with Crippen LogP contribution in [0.1, 0.15) is 20.8 Å². The number of nitrogen functional groups attached to an aromatic ring is 1. The molecule has 100 valence electrons. The van der Waals surface area contributed by atoms with E-state index in [0.717, 1.165) is 0 Å². The van der Waals surface area contributed by atoms with E-state index in [0.29, 0.717) is 27.2 Å². The van der Waals surface area contributed by atoms with Crippen molar-refractivity contribution in [3.05, 3.63) is 22.2 Å². The van der Waals surface area contributed by atoms with Crippen LogP contribution in [-0.4, -0.2) is 16.4 Å². The smallest absolute Gasteiger partial charge is 0.234 e. The predicted molar refractivity (Wildman–Crippen MR) is 81.7 cm³/mol. The minimum Gasteiger partial charge on any atom is -0.397 e. The number of nitrogens with one attached hydrogen (secondary N) is 1. The molecule has 0 saturated carbocycles. The molecule has 0 atom stereocenters. The zero-order valence-corrected chi connectivity index (χ0v) is 12.8. The second kappa shape index (κ2) is 6.04. The van der Waals surface area contributed by atoms with E-state index in [1.807, 2.05) is 0 Å². The Kier molecular flexibility index (Phi) is 5.20. The van der Waals surface area contributed by atoms with Crippen molar-refractivity contribution in [1.82, 2.24) is 0 Å². The van der Waals surface area contributed by atoms with Gasteiger partial charge in [0.1, 0.15) is 0 Å². The van der Waals surface area contributed by atoms with Crippen LogP contribution in [0.4, 0.5) is 11.4 Å². The maximum Gasteiger partial charge on any atom is 0.234 e. The van der Waals surface area contributed by atoms with Gasteiger partial charge < -0.3 is 11.1 Å². The normalized spacial score (nSPS) is 11.4. The first-order chi connectivity index (χ1) is 8.19. The number of hydrogen-bond donors (Lipinski definition) is 2. The van der Waals surface area contributed by atoms with Gasteiger partial charge in [-0.3, -0.25) is 4.79 Å². The van der Waals surface area contributed by atoms with Crippen molar-refractivity contribution >= 4 is 52.2 Å². The van der Waals surface area contributed by atoms with Gasteiger partial charge in [0.05, 0.1) is 22.2 Å². The molecule has 0 saturated heterocycles. The van der Waals surface area contributed by atoms with Crippen molar-refractivity contribution in [3.8, 4) is 0 Å². The van der Waals surface area contributed by atoms with E-state index in [2.05, 4.69) is 26.1 Å². The van der Waals surface area contributed by atoms with Gasteiger partial charge >= 0.3 is 0 Å². The number of hydrogen-bond acceptors (Lipinski definition) is 3. The van der Waals surface area contributed by atoms with E-state index < -0.39 is 0 Å². The zero-order valence-electron chi connectivity index (χ0n) is 10.5. The highest BCUT2D eigenvalue weighted by Crippen LogP contribution is 2.32. The maximum absolute atomic E-state index is 11.8. The van der Waals surface area contributed by atoms with Gasteiger partial charge in [0.25, 0.3) is 0 Å². The summed E-state index contributed by atoms with van der Waals surface area (Å²) in [5.41, 5.74) is 6.54. The molecule has 1 aromatic rings. The van der Waals surface area contributed by atoms with Crippen molar-refractivity contribution < 1.29 is 4.79 Å². The first kappa shape index (κ1) is 15.5. The quantitative estimate of drug-likeness (QED) is 0.828. The number of thioether (sulfide) groups is 1. The molecule has 1 amide bonds. The second-order valence-corrected chi connectivity index (χ2v) is 7.45. The zero-order chi connectivity index (χ0) is 13.9. The van der Waals surface area contributed by atoms with Gasteiger partial charge in [-0.05, 0) is 12.1 Å². The van der Waals surface area contributed by atoms with Crippen LogP contribution in [0.15, 0.2) is 12.1 Å². The highest BCUT2D eigenvalue weighted by atomic mass is 35.5. The van der Waals surface area contributed by atoms with Crippen molar-refractivity contribution in [2.75, 3.05) is 16.8 Å². The lowest BCUT2D eigenvalue weighted by Gasteiger charge is -2.17. The summed E-state index contributed by atoms with van der Waals surface area (Å²) < 4.78 is 0.0344. The summed E-state index contributed by atoms with van der Waals surface area (Å²) in [5, 5.41) is 3.49. The van der Waals surface area contributed by atoms with Crippen molar-refractivity contribution in [1.29, 1.82) is 0 Å². The Morgan fingerprint density at radius 2 is 2.00 bits per heavy atom. The van der Waals surface area contributed by atoms with E-state index in [-0.39, 0.29) is 10.7 Å². The molecule has 0 aliphatic rings. The summed E-state index contributed by atoms with van der Waals surface area (Å²) in [7, 11) is 0. The predicted octanol–water partition coefficient (Wildman–Crippen LogP) is 4.05. The molecular weight excluding hydrogens is 291 g/mol. The number of carbonyl (C=O) groups excluding carboxylic acids is 1. The Morgan fingerprint density at radius 3 is 2.50 bits per heavy atom. The average molecular weight is 307 g/mol. The lowest BCUT2D eigenvalue weighted by molar-refractivity contribution is -0.113. The van der Waals surface area contributed by atoms with Gasteiger partial charge in [-0.2, -0.15) is 0 Å². The summed E-state index contributed by atoms with van der Waals surface area (Å²) in [6.45, 7) is 6.15. The molecule has 0 unspecified atom stereocenters. The molecule has 0 spiro atoms. The van der Waals surface area contributed by atoms with Crippen LogP contribution in [0.25, 0.3) is 0 Å². The fraction of sp³-hybridized carbons (Fsp3) is 0.417. The Balaban J connectivity index is 2.71. The first-order valence-electron chi connectivity index (χ1n) is 5.37. The molecule has 3 nitrogen and oxygen atoms in total. The number of amides is 1.